The lowest BCUT2D eigenvalue weighted by molar-refractivity contribution is 0.208. The Kier molecular flexibility index (Phi) is 5.56. The zero-order valence-electron chi connectivity index (χ0n) is 16.5. The summed E-state index contributed by atoms with van der Waals surface area (Å²) in [4.78, 5) is 2.09. The predicted octanol–water partition coefficient (Wildman–Crippen LogP) is 4.17. The van der Waals surface area contributed by atoms with Gasteiger partial charge in [-0.15, -0.1) is 5.10 Å². The molecule has 0 aliphatic carbocycles. The van der Waals surface area contributed by atoms with Gasteiger partial charge in [-0.2, -0.15) is 0 Å². The second kappa shape index (κ2) is 7.75. The Hall–Kier alpha value is -2.67. The number of aromatic nitrogens is 4. The van der Waals surface area contributed by atoms with E-state index in [0.29, 0.717) is 24.5 Å². The van der Waals surface area contributed by atoms with E-state index in [0.717, 1.165) is 23.6 Å². The van der Waals surface area contributed by atoms with Gasteiger partial charge >= 0.3 is 0 Å². The minimum absolute atomic E-state index is 0.340. The Morgan fingerprint density at radius 3 is 2.46 bits per heavy atom. The lowest BCUT2D eigenvalue weighted by Gasteiger charge is -2.36. The Balaban J connectivity index is 2.14. The second-order valence-corrected chi connectivity index (χ2v) is 7.87. The van der Waals surface area contributed by atoms with Crippen molar-refractivity contribution in [2.45, 2.75) is 38.8 Å². The van der Waals surface area contributed by atoms with E-state index in [4.69, 9.17) is 0 Å². The van der Waals surface area contributed by atoms with E-state index >= 15 is 0 Å². The lowest BCUT2D eigenvalue weighted by Crippen LogP contribution is -2.39. The van der Waals surface area contributed by atoms with Crippen LogP contribution >= 0.6 is 0 Å². The molecule has 1 aliphatic rings. The SMILES string of the molecule is C=CC1=C(C=C)CN(C(c2ccc(F)cc2F)c2nnnn2C(C)(C)C)CC1. The van der Waals surface area contributed by atoms with Crippen LogP contribution in [0.3, 0.4) is 0 Å². The van der Waals surface area contributed by atoms with Gasteiger partial charge in [0.1, 0.15) is 17.7 Å². The fourth-order valence-corrected chi connectivity index (χ4v) is 3.54. The van der Waals surface area contributed by atoms with Gasteiger partial charge in [0.25, 0.3) is 0 Å². The van der Waals surface area contributed by atoms with E-state index in [9.17, 15) is 8.78 Å². The van der Waals surface area contributed by atoms with Crippen LogP contribution in [0, 0.1) is 11.6 Å². The van der Waals surface area contributed by atoms with Crippen LogP contribution in [0.4, 0.5) is 8.78 Å². The number of hydrogen-bond donors (Lipinski definition) is 0. The standard InChI is InChI=1S/C21H25F2N5/c1-6-14-10-11-27(13-15(14)7-2)19(17-9-8-16(22)12-18(17)23)20-24-25-26-28(20)21(3,4)5/h6-9,12,19H,1-2,10-11,13H2,3-5H3. The molecule has 1 aromatic heterocycles. The Bertz CT molecular complexity index is 923. The van der Waals surface area contributed by atoms with Crippen LogP contribution in [-0.2, 0) is 5.54 Å². The molecule has 2 aromatic rings. The highest BCUT2D eigenvalue weighted by molar-refractivity contribution is 5.36. The third-order valence-electron chi connectivity index (χ3n) is 4.94. The number of hydrogen-bond acceptors (Lipinski definition) is 4. The van der Waals surface area contributed by atoms with Gasteiger partial charge in [-0.05, 0) is 54.8 Å². The van der Waals surface area contributed by atoms with Gasteiger partial charge in [-0.3, -0.25) is 4.90 Å². The molecule has 7 heteroatoms. The van der Waals surface area contributed by atoms with Crippen molar-refractivity contribution in [1.82, 2.24) is 25.1 Å². The first kappa shape index (κ1) is 20.1. The van der Waals surface area contributed by atoms with E-state index < -0.39 is 23.2 Å². The van der Waals surface area contributed by atoms with Crippen LogP contribution < -0.4 is 0 Å². The molecule has 1 aliphatic heterocycles. The molecule has 3 rings (SSSR count). The third-order valence-corrected chi connectivity index (χ3v) is 4.94. The van der Waals surface area contributed by atoms with E-state index in [-0.39, 0.29) is 0 Å². The van der Waals surface area contributed by atoms with Gasteiger partial charge in [-0.25, -0.2) is 13.5 Å². The maximum Gasteiger partial charge on any atom is 0.173 e. The van der Waals surface area contributed by atoms with Crippen molar-refractivity contribution in [2.75, 3.05) is 13.1 Å². The maximum absolute atomic E-state index is 14.8. The van der Waals surface area contributed by atoms with Crippen LogP contribution in [0.25, 0.3) is 0 Å². The molecule has 2 heterocycles. The summed E-state index contributed by atoms with van der Waals surface area (Å²) in [5.74, 6) is -0.717. The minimum Gasteiger partial charge on any atom is -0.285 e. The van der Waals surface area contributed by atoms with Gasteiger partial charge in [-0.1, -0.05) is 31.4 Å². The van der Waals surface area contributed by atoms with Crippen LogP contribution in [0.15, 0.2) is 54.7 Å². The van der Waals surface area contributed by atoms with Gasteiger partial charge in [0.15, 0.2) is 5.82 Å². The number of nitrogens with zero attached hydrogens (tertiary/aromatic N) is 5. The molecule has 0 saturated carbocycles. The van der Waals surface area contributed by atoms with Gasteiger partial charge < -0.3 is 0 Å². The quantitative estimate of drug-likeness (QED) is 0.775. The first-order chi connectivity index (χ1) is 13.3. The van der Waals surface area contributed by atoms with Crippen molar-refractivity contribution < 1.29 is 8.78 Å². The van der Waals surface area contributed by atoms with Crippen molar-refractivity contribution >= 4 is 0 Å². The van der Waals surface area contributed by atoms with Gasteiger partial charge in [0.05, 0.1) is 5.54 Å². The molecule has 0 radical (unpaired) electrons. The molecular weight excluding hydrogens is 360 g/mol. The van der Waals surface area contributed by atoms with E-state index in [1.54, 1.807) is 10.8 Å². The monoisotopic (exact) mass is 385 g/mol. The summed E-state index contributed by atoms with van der Waals surface area (Å²) in [6, 6.07) is 3.07. The molecule has 0 amide bonds. The summed E-state index contributed by atoms with van der Waals surface area (Å²) < 4.78 is 30.0. The molecular formula is C21H25F2N5. The van der Waals surface area contributed by atoms with E-state index in [1.807, 2.05) is 26.8 Å². The predicted molar refractivity (Wildman–Crippen MR) is 105 cm³/mol. The summed E-state index contributed by atoms with van der Waals surface area (Å²) >= 11 is 0. The van der Waals surface area contributed by atoms with Crippen molar-refractivity contribution in [1.29, 1.82) is 0 Å². The molecule has 0 N–H and O–H groups in total. The van der Waals surface area contributed by atoms with Crippen molar-refractivity contribution in [3.8, 4) is 0 Å². The molecule has 1 atom stereocenters. The van der Waals surface area contributed by atoms with Gasteiger partial charge in [0.2, 0.25) is 0 Å². The number of halogens is 2. The number of allylic oxidation sites excluding steroid dienone is 1. The highest BCUT2D eigenvalue weighted by Crippen LogP contribution is 2.34. The average molecular weight is 385 g/mol. The zero-order chi connectivity index (χ0) is 20.5. The minimum atomic E-state index is -0.618. The van der Waals surface area contributed by atoms with Crippen LogP contribution in [0.1, 0.15) is 44.6 Å². The zero-order valence-corrected chi connectivity index (χ0v) is 16.5. The molecule has 148 valence electrons. The molecule has 0 bridgehead atoms. The van der Waals surface area contributed by atoms with Crippen LogP contribution in [0.2, 0.25) is 0 Å². The van der Waals surface area contributed by atoms with Crippen LogP contribution in [-0.4, -0.2) is 38.2 Å². The molecule has 1 aromatic carbocycles. The Morgan fingerprint density at radius 2 is 1.86 bits per heavy atom. The summed E-state index contributed by atoms with van der Waals surface area (Å²) in [6.45, 7) is 14.9. The molecule has 0 spiro atoms. The fourth-order valence-electron chi connectivity index (χ4n) is 3.54. The molecule has 0 fully saturated rings. The number of benzene rings is 1. The van der Waals surface area contributed by atoms with Crippen molar-refractivity contribution in [3.05, 3.63) is 77.7 Å². The van der Waals surface area contributed by atoms with Crippen LogP contribution in [0.5, 0.6) is 0 Å². The molecule has 1 unspecified atom stereocenters. The number of tetrazole rings is 1. The molecule has 0 saturated heterocycles. The highest BCUT2D eigenvalue weighted by Gasteiger charge is 2.34. The lowest BCUT2D eigenvalue weighted by atomic mass is 9.95. The van der Waals surface area contributed by atoms with Crippen molar-refractivity contribution in [2.24, 2.45) is 0 Å². The second-order valence-electron chi connectivity index (χ2n) is 7.87. The molecule has 28 heavy (non-hydrogen) atoms. The summed E-state index contributed by atoms with van der Waals surface area (Å²) in [5.41, 5.74) is 2.10. The average Bonchev–Trinajstić information content (AvgIpc) is 3.13. The largest absolute Gasteiger partial charge is 0.285 e. The number of rotatable bonds is 5. The normalized spacial score (nSPS) is 16.9. The van der Waals surface area contributed by atoms with Crippen molar-refractivity contribution in [3.63, 3.8) is 0 Å². The maximum atomic E-state index is 14.8. The first-order valence-electron chi connectivity index (χ1n) is 9.21. The Labute approximate surface area is 164 Å². The Morgan fingerprint density at radius 1 is 1.14 bits per heavy atom. The topological polar surface area (TPSA) is 46.8 Å². The third kappa shape index (κ3) is 3.80. The fraction of sp³-hybridized carbons (Fsp3) is 0.381. The van der Waals surface area contributed by atoms with E-state index in [2.05, 4.69) is 33.6 Å². The first-order valence-corrected chi connectivity index (χ1v) is 9.21. The summed E-state index contributed by atoms with van der Waals surface area (Å²) in [7, 11) is 0. The van der Waals surface area contributed by atoms with Gasteiger partial charge in [0, 0.05) is 24.7 Å². The molecule has 5 nitrogen and oxygen atoms in total. The smallest absolute Gasteiger partial charge is 0.173 e. The van der Waals surface area contributed by atoms with E-state index in [1.165, 1.54) is 12.1 Å². The summed E-state index contributed by atoms with van der Waals surface area (Å²) in [5, 5.41) is 12.2. The highest BCUT2D eigenvalue weighted by atomic mass is 19.1. The summed E-state index contributed by atoms with van der Waals surface area (Å²) in [6.07, 6.45) is 4.39.